The van der Waals surface area contributed by atoms with Crippen LogP contribution < -0.4 is 0 Å². The minimum atomic E-state index is -0.711. The Bertz CT molecular complexity index is 89.1. The van der Waals surface area contributed by atoms with Gasteiger partial charge in [-0.25, -0.2) is 0 Å². The Labute approximate surface area is 72.8 Å². The van der Waals surface area contributed by atoms with Crippen LogP contribution in [0.25, 0.3) is 0 Å². The maximum atomic E-state index is 9.60. The Morgan fingerprint density at radius 1 is 1.17 bits per heavy atom. The molecule has 12 heavy (non-hydrogen) atoms. The van der Waals surface area contributed by atoms with E-state index in [4.69, 9.17) is 15.3 Å². The molecule has 0 aliphatic rings. The van der Waals surface area contributed by atoms with E-state index in [9.17, 15) is 4.79 Å². The van der Waals surface area contributed by atoms with E-state index in [0.29, 0.717) is 6.42 Å². The second kappa shape index (κ2) is 13.0. The average molecular weight is 178 g/mol. The maximum absolute atomic E-state index is 9.60. The van der Waals surface area contributed by atoms with Gasteiger partial charge in [0.2, 0.25) is 0 Å². The van der Waals surface area contributed by atoms with E-state index < -0.39 is 5.97 Å². The van der Waals surface area contributed by atoms with Gasteiger partial charge in [-0.2, -0.15) is 0 Å². The third kappa shape index (κ3) is 22.8. The Hall–Kier alpha value is -0.610. The molecule has 4 heteroatoms. The lowest BCUT2D eigenvalue weighted by Crippen LogP contribution is -1.90. The van der Waals surface area contributed by atoms with E-state index in [2.05, 4.69) is 0 Å². The van der Waals surface area contributed by atoms with Crippen LogP contribution in [0.5, 0.6) is 0 Å². The Kier molecular flexibility index (Phi) is 15.1. The number of aliphatic carboxylic acids is 1. The van der Waals surface area contributed by atoms with Gasteiger partial charge in [0.05, 0.1) is 0 Å². The number of unbranched alkanes of at least 4 members (excludes halogenated alkanes) is 1. The molecule has 0 unspecified atom stereocenters. The largest absolute Gasteiger partial charge is 0.481 e. The highest BCUT2D eigenvalue weighted by atomic mass is 16.4. The monoisotopic (exact) mass is 178 g/mol. The number of carbonyl (C=O) groups is 1. The molecule has 0 saturated heterocycles. The zero-order valence-electron chi connectivity index (χ0n) is 7.49. The van der Waals surface area contributed by atoms with Crippen LogP contribution in [0, 0.1) is 0 Å². The molecule has 0 aromatic heterocycles. The molecule has 0 aromatic rings. The van der Waals surface area contributed by atoms with Crippen molar-refractivity contribution in [3.8, 4) is 0 Å². The highest BCUT2D eigenvalue weighted by Crippen LogP contribution is 1.82. The highest BCUT2D eigenvalue weighted by molar-refractivity contribution is 5.66. The fourth-order valence-corrected chi connectivity index (χ4v) is 0.437. The summed E-state index contributed by atoms with van der Waals surface area (Å²) in [5, 5.41) is 24.1. The standard InChI is InChI=1S/C4H8O2.C4H10O2/c1-2-3-4(5)6;5-3-1-2-4-6/h2-3H2,1H3,(H,5,6);5-6H,1-4H2. The predicted octanol–water partition coefficient (Wildman–Crippen LogP) is 0.622. The summed E-state index contributed by atoms with van der Waals surface area (Å²) in [4.78, 5) is 9.60. The summed E-state index contributed by atoms with van der Waals surface area (Å²) in [6, 6.07) is 0. The van der Waals surface area contributed by atoms with Crippen LogP contribution in [0.3, 0.4) is 0 Å². The third-order valence-electron chi connectivity index (χ3n) is 1.03. The predicted molar refractivity (Wildman–Crippen MR) is 45.9 cm³/mol. The number of carboxylic acids is 1. The van der Waals surface area contributed by atoms with Crippen molar-refractivity contribution in [1.82, 2.24) is 0 Å². The Morgan fingerprint density at radius 3 is 1.67 bits per heavy atom. The molecule has 0 amide bonds. The van der Waals surface area contributed by atoms with Crippen molar-refractivity contribution in [2.45, 2.75) is 32.6 Å². The number of hydrogen-bond acceptors (Lipinski definition) is 3. The minimum Gasteiger partial charge on any atom is -0.481 e. The molecule has 74 valence electrons. The van der Waals surface area contributed by atoms with Crippen LogP contribution in [0.1, 0.15) is 32.6 Å². The number of rotatable bonds is 5. The van der Waals surface area contributed by atoms with Gasteiger partial charge in [0.15, 0.2) is 0 Å². The van der Waals surface area contributed by atoms with Gasteiger partial charge in [0.1, 0.15) is 0 Å². The molecule has 0 radical (unpaired) electrons. The van der Waals surface area contributed by atoms with Gasteiger partial charge in [-0.3, -0.25) is 4.79 Å². The lowest BCUT2D eigenvalue weighted by Gasteiger charge is -1.85. The summed E-state index contributed by atoms with van der Waals surface area (Å²) >= 11 is 0. The SMILES string of the molecule is CCCC(=O)O.OCCCCO. The van der Waals surface area contributed by atoms with Gasteiger partial charge in [0, 0.05) is 19.6 Å². The molecule has 0 aliphatic heterocycles. The van der Waals surface area contributed by atoms with Crippen LogP contribution in [0.2, 0.25) is 0 Å². The van der Waals surface area contributed by atoms with Crippen molar-refractivity contribution >= 4 is 5.97 Å². The quantitative estimate of drug-likeness (QED) is 0.539. The Morgan fingerprint density at radius 2 is 1.58 bits per heavy atom. The number of aliphatic hydroxyl groups is 2. The summed E-state index contributed by atoms with van der Waals surface area (Å²) in [7, 11) is 0. The second-order valence-corrected chi connectivity index (χ2v) is 2.30. The molecular formula is C8H18O4. The summed E-state index contributed by atoms with van der Waals surface area (Å²) in [5.74, 6) is -0.711. The van der Waals surface area contributed by atoms with Crippen LogP contribution in [-0.4, -0.2) is 34.5 Å². The van der Waals surface area contributed by atoms with Gasteiger partial charge < -0.3 is 15.3 Å². The molecule has 0 heterocycles. The van der Waals surface area contributed by atoms with Crippen molar-refractivity contribution in [1.29, 1.82) is 0 Å². The normalized spacial score (nSPS) is 8.58. The first-order valence-electron chi connectivity index (χ1n) is 4.12. The van der Waals surface area contributed by atoms with E-state index in [0.717, 1.165) is 19.3 Å². The molecule has 0 aromatic carbocycles. The minimum absolute atomic E-state index is 0.195. The lowest BCUT2D eigenvalue weighted by atomic mass is 10.3. The maximum Gasteiger partial charge on any atom is 0.303 e. The van der Waals surface area contributed by atoms with E-state index in [-0.39, 0.29) is 13.2 Å². The molecule has 4 nitrogen and oxygen atoms in total. The highest BCUT2D eigenvalue weighted by Gasteiger charge is 1.87. The van der Waals surface area contributed by atoms with Gasteiger partial charge in [-0.05, 0) is 19.3 Å². The van der Waals surface area contributed by atoms with E-state index in [1.165, 1.54) is 0 Å². The fourth-order valence-electron chi connectivity index (χ4n) is 0.437. The Balaban J connectivity index is 0. The fraction of sp³-hybridized carbons (Fsp3) is 0.875. The van der Waals surface area contributed by atoms with Crippen molar-refractivity contribution in [2.24, 2.45) is 0 Å². The first-order valence-corrected chi connectivity index (χ1v) is 4.12. The summed E-state index contributed by atoms with van der Waals surface area (Å²) in [5.41, 5.74) is 0. The summed E-state index contributed by atoms with van der Waals surface area (Å²) < 4.78 is 0. The number of carboxylic acid groups (broad SMARTS) is 1. The number of hydrogen-bond donors (Lipinski definition) is 3. The molecular weight excluding hydrogens is 160 g/mol. The summed E-state index contributed by atoms with van der Waals surface area (Å²) in [6.45, 7) is 2.23. The first-order chi connectivity index (χ1) is 5.68. The molecule has 0 spiro atoms. The molecule has 0 aliphatic carbocycles. The lowest BCUT2D eigenvalue weighted by molar-refractivity contribution is -0.137. The van der Waals surface area contributed by atoms with E-state index in [1.807, 2.05) is 6.92 Å². The van der Waals surface area contributed by atoms with Crippen molar-refractivity contribution < 1.29 is 20.1 Å². The average Bonchev–Trinajstić information content (AvgIpc) is 2.02. The molecule has 0 fully saturated rings. The van der Waals surface area contributed by atoms with Crippen molar-refractivity contribution in [2.75, 3.05) is 13.2 Å². The van der Waals surface area contributed by atoms with E-state index in [1.54, 1.807) is 0 Å². The third-order valence-corrected chi connectivity index (χ3v) is 1.03. The number of aliphatic hydroxyl groups excluding tert-OH is 2. The van der Waals surface area contributed by atoms with Crippen molar-refractivity contribution in [3.05, 3.63) is 0 Å². The molecule has 3 N–H and O–H groups in total. The molecule has 0 rings (SSSR count). The van der Waals surface area contributed by atoms with Gasteiger partial charge in [-0.1, -0.05) is 6.92 Å². The van der Waals surface area contributed by atoms with Gasteiger partial charge in [-0.15, -0.1) is 0 Å². The van der Waals surface area contributed by atoms with Crippen molar-refractivity contribution in [3.63, 3.8) is 0 Å². The van der Waals surface area contributed by atoms with Gasteiger partial charge in [0.25, 0.3) is 0 Å². The second-order valence-electron chi connectivity index (χ2n) is 2.30. The summed E-state index contributed by atoms with van der Waals surface area (Å²) in [6.07, 6.45) is 2.46. The van der Waals surface area contributed by atoms with Crippen LogP contribution >= 0.6 is 0 Å². The zero-order chi connectivity index (χ0) is 9.82. The van der Waals surface area contributed by atoms with Crippen LogP contribution in [0.15, 0.2) is 0 Å². The molecule has 0 bridgehead atoms. The van der Waals surface area contributed by atoms with E-state index >= 15 is 0 Å². The first kappa shape index (κ1) is 13.9. The van der Waals surface area contributed by atoms with Crippen LogP contribution in [-0.2, 0) is 4.79 Å². The zero-order valence-corrected chi connectivity index (χ0v) is 7.49. The topological polar surface area (TPSA) is 77.8 Å². The molecule has 0 atom stereocenters. The van der Waals surface area contributed by atoms with Crippen LogP contribution in [0.4, 0.5) is 0 Å². The molecule has 0 saturated carbocycles. The smallest absolute Gasteiger partial charge is 0.303 e. The van der Waals surface area contributed by atoms with Gasteiger partial charge >= 0.3 is 5.97 Å².